The van der Waals surface area contributed by atoms with E-state index in [1.165, 1.54) is 6.07 Å². The maximum absolute atomic E-state index is 13.9. The monoisotopic (exact) mass is 415 g/mol. The SMILES string of the molecule is CC(c1cccnc1)n1c(CCl)nc2cc(I)c(F)cc21. The van der Waals surface area contributed by atoms with Gasteiger partial charge < -0.3 is 4.57 Å². The molecule has 2 aromatic heterocycles. The third-order valence-corrected chi connectivity index (χ3v) is 4.54. The van der Waals surface area contributed by atoms with Gasteiger partial charge in [-0.1, -0.05) is 6.07 Å². The predicted molar refractivity (Wildman–Crippen MR) is 90.0 cm³/mol. The lowest BCUT2D eigenvalue weighted by atomic mass is 10.1. The first-order valence-corrected chi connectivity index (χ1v) is 8.05. The number of hydrogen-bond acceptors (Lipinski definition) is 2. The van der Waals surface area contributed by atoms with Gasteiger partial charge in [0.2, 0.25) is 0 Å². The van der Waals surface area contributed by atoms with Gasteiger partial charge in [0.1, 0.15) is 11.6 Å². The number of fused-ring (bicyclic) bond motifs is 1. The fourth-order valence-electron chi connectivity index (χ4n) is 2.44. The molecule has 1 aromatic carbocycles. The second-order valence-electron chi connectivity index (χ2n) is 4.75. The number of alkyl halides is 1. The fraction of sp³-hybridized carbons (Fsp3) is 0.200. The number of benzene rings is 1. The molecule has 2 heterocycles. The molecule has 108 valence electrons. The van der Waals surface area contributed by atoms with Crippen molar-refractivity contribution in [1.29, 1.82) is 0 Å². The van der Waals surface area contributed by atoms with E-state index in [2.05, 4.69) is 9.97 Å². The zero-order chi connectivity index (χ0) is 15.0. The van der Waals surface area contributed by atoms with Gasteiger partial charge in [0.25, 0.3) is 0 Å². The maximum atomic E-state index is 13.9. The molecule has 0 N–H and O–H groups in total. The van der Waals surface area contributed by atoms with Gasteiger partial charge in [-0.3, -0.25) is 4.98 Å². The van der Waals surface area contributed by atoms with E-state index in [1.807, 2.05) is 46.2 Å². The topological polar surface area (TPSA) is 30.7 Å². The van der Waals surface area contributed by atoms with Crippen molar-refractivity contribution in [3.8, 4) is 0 Å². The van der Waals surface area contributed by atoms with Crippen LogP contribution < -0.4 is 0 Å². The van der Waals surface area contributed by atoms with E-state index in [0.717, 1.165) is 22.4 Å². The second kappa shape index (κ2) is 5.88. The Morgan fingerprint density at radius 1 is 1.43 bits per heavy atom. The van der Waals surface area contributed by atoms with E-state index < -0.39 is 0 Å². The highest BCUT2D eigenvalue weighted by molar-refractivity contribution is 14.1. The van der Waals surface area contributed by atoms with Gasteiger partial charge in [0.15, 0.2) is 0 Å². The first-order chi connectivity index (χ1) is 10.1. The Labute approximate surface area is 140 Å². The normalized spacial score (nSPS) is 12.8. The average Bonchev–Trinajstić information content (AvgIpc) is 2.85. The van der Waals surface area contributed by atoms with Crippen LogP contribution in [-0.4, -0.2) is 14.5 Å². The lowest BCUT2D eigenvalue weighted by Crippen LogP contribution is -2.10. The number of aromatic nitrogens is 3. The van der Waals surface area contributed by atoms with Gasteiger partial charge >= 0.3 is 0 Å². The van der Waals surface area contributed by atoms with Crippen molar-refractivity contribution >= 4 is 45.2 Å². The maximum Gasteiger partial charge on any atom is 0.138 e. The number of rotatable bonds is 3. The third-order valence-electron chi connectivity index (χ3n) is 3.48. The molecule has 3 aromatic rings. The smallest absolute Gasteiger partial charge is 0.138 e. The summed E-state index contributed by atoms with van der Waals surface area (Å²) < 4.78 is 16.4. The van der Waals surface area contributed by atoms with Crippen molar-refractivity contribution in [3.05, 3.63) is 57.4 Å². The summed E-state index contributed by atoms with van der Waals surface area (Å²) in [6.45, 7) is 2.03. The van der Waals surface area contributed by atoms with E-state index in [4.69, 9.17) is 11.6 Å². The average molecular weight is 416 g/mol. The van der Waals surface area contributed by atoms with Crippen molar-refractivity contribution in [2.75, 3.05) is 0 Å². The molecule has 6 heteroatoms. The van der Waals surface area contributed by atoms with Crippen LogP contribution >= 0.6 is 34.2 Å². The first-order valence-electron chi connectivity index (χ1n) is 6.43. The van der Waals surface area contributed by atoms with Crippen LogP contribution in [0.5, 0.6) is 0 Å². The summed E-state index contributed by atoms with van der Waals surface area (Å²) in [4.78, 5) is 8.66. The van der Waals surface area contributed by atoms with Crippen LogP contribution in [0, 0.1) is 9.39 Å². The van der Waals surface area contributed by atoms with Crippen LogP contribution in [0.4, 0.5) is 4.39 Å². The standard InChI is InChI=1S/C15H12ClFIN3/c1-9(10-3-2-4-19-8-10)21-14-5-11(17)12(18)6-13(14)20-15(21)7-16/h2-6,8-9H,7H2,1H3. The Balaban J connectivity index is 2.23. The summed E-state index contributed by atoms with van der Waals surface area (Å²) in [6.07, 6.45) is 3.53. The van der Waals surface area contributed by atoms with Crippen molar-refractivity contribution in [2.24, 2.45) is 0 Å². The molecule has 1 atom stereocenters. The Kier molecular flexibility index (Phi) is 4.12. The highest BCUT2D eigenvalue weighted by Crippen LogP contribution is 2.28. The molecule has 0 saturated carbocycles. The Hall–Kier alpha value is -1.21. The van der Waals surface area contributed by atoms with Gasteiger partial charge in [-0.25, -0.2) is 9.37 Å². The highest BCUT2D eigenvalue weighted by atomic mass is 127. The van der Waals surface area contributed by atoms with Crippen LogP contribution in [0.1, 0.15) is 24.4 Å². The number of halogens is 3. The summed E-state index contributed by atoms with van der Waals surface area (Å²) in [7, 11) is 0. The molecule has 0 bridgehead atoms. The minimum absolute atomic E-state index is 0.0167. The molecule has 1 unspecified atom stereocenters. The summed E-state index contributed by atoms with van der Waals surface area (Å²) in [5, 5.41) is 0. The van der Waals surface area contributed by atoms with Gasteiger partial charge in [-0.15, -0.1) is 11.6 Å². The lowest BCUT2D eigenvalue weighted by molar-refractivity contribution is 0.612. The minimum atomic E-state index is -0.247. The fourth-order valence-corrected chi connectivity index (χ4v) is 3.08. The van der Waals surface area contributed by atoms with Gasteiger partial charge in [0, 0.05) is 18.5 Å². The first kappa shape index (κ1) is 14.7. The summed E-state index contributed by atoms with van der Waals surface area (Å²) in [5.74, 6) is 0.755. The van der Waals surface area contributed by atoms with Crippen molar-refractivity contribution in [3.63, 3.8) is 0 Å². The molecule has 0 amide bonds. The quantitative estimate of drug-likeness (QED) is 0.465. The molecular formula is C15H12ClFIN3. The molecule has 0 saturated heterocycles. The number of pyridine rings is 1. The van der Waals surface area contributed by atoms with E-state index in [1.54, 1.807) is 18.5 Å². The number of nitrogens with zero attached hydrogens (tertiary/aromatic N) is 3. The molecule has 3 rings (SSSR count). The molecule has 0 spiro atoms. The summed E-state index contributed by atoms with van der Waals surface area (Å²) in [6, 6.07) is 7.12. The molecule has 0 aliphatic carbocycles. The Bertz CT molecular complexity index is 788. The Morgan fingerprint density at radius 3 is 2.90 bits per heavy atom. The predicted octanol–water partition coefficient (Wildman–Crippen LogP) is 4.52. The number of imidazole rings is 1. The molecule has 0 radical (unpaired) electrons. The van der Waals surface area contributed by atoms with E-state index in [0.29, 0.717) is 3.57 Å². The molecule has 0 aliphatic rings. The Morgan fingerprint density at radius 2 is 2.24 bits per heavy atom. The van der Waals surface area contributed by atoms with Crippen LogP contribution in [-0.2, 0) is 5.88 Å². The second-order valence-corrected chi connectivity index (χ2v) is 6.18. The van der Waals surface area contributed by atoms with E-state index in [9.17, 15) is 4.39 Å². The molecular weight excluding hydrogens is 404 g/mol. The summed E-state index contributed by atoms with van der Waals surface area (Å²) in [5.41, 5.74) is 2.54. The molecule has 0 aliphatic heterocycles. The minimum Gasteiger partial charge on any atom is -0.319 e. The van der Waals surface area contributed by atoms with Crippen molar-refractivity contribution in [2.45, 2.75) is 18.8 Å². The zero-order valence-electron chi connectivity index (χ0n) is 11.2. The van der Waals surface area contributed by atoms with Crippen molar-refractivity contribution in [1.82, 2.24) is 14.5 Å². The largest absolute Gasteiger partial charge is 0.319 e. The van der Waals surface area contributed by atoms with Gasteiger partial charge in [-0.05, 0) is 47.2 Å². The van der Waals surface area contributed by atoms with Gasteiger partial charge in [0.05, 0.1) is 26.5 Å². The lowest BCUT2D eigenvalue weighted by Gasteiger charge is -2.17. The van der Waals surface area contributed by atoms with Crippen LogP contribution in [0.3, 0.4) is 0 Å². The van der Waals surface area contributed by atoms with E-state index >= 15 is 0 Å². The van der Waals surface area contributed by atoms with Crippen LogP contribution in [0.15, 0.2) is 36.7 Å². The van der Waals surface area contributed by atoms with Gasteiger partial charge in [-0.2, -0.15) is 0 Å². The van der Waals surface area contributed by atoms with Crippen LogP contribution in [0.2, 0.25) is 0 Å². The molecule has 0 fully saturated rings. The summed E-state index contributed by atoms with van der Waals surface area (Å²) >= 11 is 7.99. The van der Waals surface area contributed by atoms with Crippen molar-refractivity contribution < 1.29 is 4.39 Å². The molecule has 3 nitrogen and oxygen atoms in total. The van der Waals surface area contributed by atoms with Crippen LogP contribution in [0.25, 0.3) is 11.0 Å². The third kappa shape index (κ3) is 2.64. The zero-order valence-corrected chi connectivity index (χ0v) is 14.1. The molecule has 21 heavy (non-hydrogen) atoms. The van der Waals surface area contributed by atoms with E-state index in [-0.39, 0.29) is 17.7 Å². The highest BCUT2D eigenvalue weighted by Gasteiger charge is 2.18. The number of hydrogen-bond donors (Lipinski definition) is 0.